The van der Waals surface area contributed by atoms with E-state index in [0.717, 1.165) is 33.0 Å². The molecule has 3 aliphatic rings. The van der Waals surface area contributed by atoms with Crippen LogP contribution >= 0.6 is 0 Å². The van der Waals surface area contributed by atoms with E-state index in [1.165, 1.54) is 6.08 Å². The second-order valence-electron chi connectivity index (χ2n) is 9.45. The first-order valence-electron chi connectivity index (χ1n) is 10.1. The van der Waals surface area contributed by atoms with Crippen LogP contribution in [0, 0.1) is 5.92 Å². The zero-order chi connectivity index (χ0) is 21.8. The Morgan fingerprint density at radius 1 is 1.07 bits per heavy atom. The van der Waals surface area contributed by atoms with Crippen LogP contribution in [0.1, 0.15) is 31.9 Å². The molecule has 154 valence electrons. The molecule has 1 unspecified atom stereocenters. The Labute approximate surface area is 178 Å². The van der Waals surface area contributed by atoms with Gasteiger partial charge in [0.05, 0.1) is 24.8 Å². The molecule has 4 rings (SSSR count). The van der Waals surface area contributed by atoms with E-state index in [9.17, 15) is 13.2 Å². The number of rotatable bonds is 2. The summed E-state index contributed by atoms with van der Waals surface area (Å²) in [5, 5.41) is 0.809. The second kappa shape index (κ2) is 7.03. The van der Waals surface area contributed by atoms with Crippen molar-refractivity contribution in [2.24, 2.45) is 5.92 Å². The van der Waals surface area contributed by atoms with E-state index >= 15 is 0 Å². The van der Waals surface area contributed by atoms with Crippen molar-refractivity contribution in [2.75, 3.05) is 14.1 Å². The fourth-order valence-electron chi connectivity index (χ4n) is 4.06. The molecule has 0 aromatic heterocycles. The van der Waals surface area contributed by atoms with E-state index in [0.29, 0.717) is 4.15 Å². The molecule has 1 atom stereocenters. The van der Waals surface area contributed by atoms with Gasteiger partial charge in [-0.05, 0) is 66.8 Å². The van der Waals surface area contributed by atoms with Crippen molar-refractivity contribution in [3.63, 3.8) is 0 Å². The van der Waals surface area contributed by atoms with Crippen LogP contribution in [0.2, 0.25) is 0 Å². The largest absolute Gasteiger partial charge is 0.591 e. The molecular weight excluding hydrogens is 396 g/mol. The molecule has 30 heavy (non-hydrogen) atoms. The molecule has 0 bridgehead atoms. The van der Waals surface area contributed by atoms with E-state index in [1.807, 2.05) is 62.7 Å². The summed E-state index contributed by atoms with van der Waals surface area (Å²) in [6, 6.07) is 5.93. The van der Waals surface area contributed by atoms with Gasteiger partial charge in [0.2, 0.25) is 0 Å². The lowest BCUT2D eigenvalue weighted by atomic mass is 9.84. The fraction of sp³-hybridized carbons (Fsp3) is 0.280. The van der Waals surface area contributed by atoms with Gasteiger partial charge in [0.1, 0.15) is 0 Å². The molecule has 5 heteroatoms. The van der Waals surface area contributed by atoms with Crippen LogP contribution in [0.3, 0.4) is 0 Å². The molecule has 0 N–H and O–H groups in total. The number of benzene rings is 1. The zero-order valence-electron chi connectivity index (χ0n) is 18.0. The van der Waals surface area contributed by atoms with Crippen molar-refractivity contribution in [1.29, 1.82) is 0 Å². The molecule has 0 saturated heterocycles. The standard InChI is InChI=1S/C25H26F2NOSi/c1-25(2,3)28(4,5)30(29)18-13-12-16-8-6-10-19-22(21(16)15-18)14-17-9-7-11-20(23(17)19)24(26)27/h6-15,23H,1-5H3/q+1. The van der Waals surface area contributed by atoms with Gasteiger partial charge in [0, 0.05) is 11.5 Å². The fourth-order valence-corrected chi connectivity index (χ4v) is 5.81. The van der Waals surface area contributed by atoms with E-state index in [-0.39, 0.29) is 11.1 Å². The molecule has 1 aromatic rings. The van der Waals surface area contributed by atoms with Gasteiger partial charge >= 0.3 is 8.84 Å². The van der Waals surface area contributed by atoms with Crippen LogP contribution in [0.5, 0.6) is 0 Å². The maximum atomic E-state index is 13.6. The van der Waals surface area contributed by atoms with Gasteiger partial charge in [-0.1, -0.05) is 42.5 Å². The van der Waals surface area contributed by atoms with Crippen molar-refractivity contribution < 1.29 is 17.4 Å². The summed E-state index contributed by atoms with van der Waals surface area (Å²) in [6.07, 6.45) is 11.3. The first kappa shape index (κ1) is 20.8. The first-order valence-corrected chi connectivity index (χ1v) is 11.4. The lowest BCUT2D eigenvalue weighted by molar-refractivity contribution is -0.836. The molecule has 1 aromatic carbocycles. The predicted molar refractivity (Wildman–Crippen MR) is 119 cm³/mol. The molecule has 0 aliphatic heterocycles. The summed E-state index contributed by atoms with van der Waals surface area (Å²) in [4.78, 5) is 0. The molecule has 2 nitrogen and oxygen atoms in total. The zero-order valence-corrected chi connectivity index (χ0v) is 19.0. The maximum Gasteiger partial charge on any atom is 0.591 e. The third-order valence-electron chi connectivity index (χ3n) is 6.69. The Hall–Kier alpha value is -2.50. The molecular formula is C25H26F2NOSi+. The molecule has 0 heterocycles. The summed E-state index contributed by atoms with van der Waals surface area (Å²) in [6.45, 7) is 6.27. The highest BCUT2D eigenvalue weighted by Gasteiger charge is 2.42. The summed E-state index contributed by atoms with van der Waals surface area (Å²) in [5.74, 6) is -0.451. The summed E-state index contributed by atoms with van der Waals surface area (Å²) >= 11 is 0. The third kappa shape index (κ3) is 3.17. The molecule has 0 amide bonds. The monoisotopic (exact) mass is 422 g/mol. The van der Waals surface area contributed by atoms with Crippen molar-refractivity contribution >= 4 is 25.7 Å². The minimum atomic E-state index is -2.16. The lowest BCUT2D eigenvalue weighted by Gasteiger charge is -2.40. The highest BCUT2D eigenvalue weighted by atomic mass is 28.3. The number of fused-ring (bicyclic) bond motifs is 5. The van der Waals surface area contributed by atoms with Gasteiger partial charge in [0.15, 0.2) is 0 Å². The van der Waals surface area contributed by atoms with Gasteiger partial charge in [-0.25, -0.2) is 0 Å². The van der Waals surface area contributed by atoms with Crippen LogP contribution in [0.4, 0.5) is 8.78 Å². The quantitative estimate of drug-likeness (QED) is 0.591. The van der Waals surface area contributed by atoms with E-state index in [1.54, 1.807) is 6.08 Å². The molecule has 0 spiro atoms. The number of allylic oxidation sites excluding steroid dienone is 10. The van der Waals surface area contributed by atoms with E-state index in [2.05, 4.69) is 20.8 Å². The van der Waals surface area contributed by atoms with Crippen LogP contribution in [-0.4, -0.2) is 32.6 Å². The Morgan fingerprint density at radius 3 is 2.43 bits per heavy atom. The summed E-state index contributed by atoms with van der Waals surface area (Å²) in [5.41, 5.74) is 4.50. The van der Waals surface area contributed by atoms with E-state index in [4.69, 9.17) is 0 Å². The van der Waals surface area contributed by atoms with Gasteiger partial charge in [0.25, 0.3) is 6.08 Å². The van der Waals surface area contributed by atoms with E-state index < -0.39 is 20.8 Å². The Balaban J connectivity index is 1.84. The number of quaternary nitrogens is 1. The second-order valence-corrected chi connectivity index (χ2v) is 11.8. The Morgan fingerprint density at radius 2 is 1.77 bits per heavy atom. The van der Waals surface area contributed by atoms with Crippen LogP contribution < -0.4 is 5.19 Å². The van der Waals surface area contributed by atoms with Crippen LogP contribution in [0.15, 0.2) is 77.5 Å². The minimum absolute atomic E-state index is 0.0529. The number of hydrogen-bond acceptors (Lipinski definition) is 1. The molecule has 0 fully saturated rings. The van der Waals surface area contributed by atoms with Crippen molar-refractivity contribution in [2.45, 2.75) is 26.3 Å². The average molecular weight is 423 g/mol. The smallest absolute Gasteiger partial charge is 0.325 e. The van der Waals surface area contributed by atoms with Crippen molar-refractivity contribution in [1.82, 2.24) is 0 Å². The maximum absolute atomic E-state index is 13.6. The van der Waals surface area contributed by atoms with Gasteiger partial charge < -0.3 is 8.61 Å². The van der Waals surface area contributed by atoms with Gasteiger partial charge in [-0.2, -0.15) is 8.78 Å². The van der Waals surface area contributed by atoms with Crippen molar-refractivity contribution in [3.8, 4) is 0 Å². The Bertz CT molecular complexity index is 1140. The van der Waals surface area contributed by atoms with Crippen LogP contribution in [-0.2, 0) is 4.46 Å². The lowest BCUT2D eigenvalue weighted by Crippen LogP contribution is -2.63. The molecule has 0 saturated carbocycles. The van der Waals surface area contributed by atoms with Gasteiger partial charge in [-0.3, -0.25) is 0 Å². The normalized spacial score (nSPS) is 19.9. The number of hydrogen-bond donors (Lipinski definition) is 0. The summed E-state index contributed by atoms with van der Waals surface area (Å²) in [7, 11) is 1.84. The van der Waals surface area contributed by atoms with Crippen molar-refractivity contribution in [3.05, 3.63) is 88.6 Å². The predicted octanol–water partition coefficient (Wildman–Crippen LogP) is 5.30. The highest BCUT2D eigenvalue weighted by Crippen LogP contribution is 2.49. The Kier molecular flexibility index (Phi) is 4.86. The average Bonchev–Trinajstić information content (AvgIpc) is 2.95. The SMILES string of the molecule is CC(C)(C)[N+](C)(C)[Si](=O)c1ccc2c(c1)C1=CC3=CC=CC(=C(F)F)C3C1=CC=C2. The number of halogens is 2. The molecule has 0 radical (unpaired) electrons. The summed E-state index contributed by atoms with van der Waals surface area (Å²) < 4.78 is 41.2. The molecule has 3 aliphatic carbocycles. The minimum Gasteiger partial charge on any atom is -0.325 e. The highest BCUT2D eigenvalue weighted by molar-refractivity contribution is 6.52. The van der Waals surface area contributed by atoms with Crippen LogP contribution in [0.25, 0.3) is 11.6 Å². The first-order chi connectivity index (χ1) is 14.0. The topological polar surface area (TPSA) is 17.1 Å². The number of nitrogens with zero attached hydrogens (tertiary/aromatic N) is 1. The third-order valence-corrected chi connectivity index (χ3v) is 9.18. The van der Waals surface area contributed by atoms with Gasteiger partial charge in [-0.15, -0.1) is 0 Å².